The van der Waals surface area contributed by atoms with Gasteiger partial charge in [-0.2, -0.15) is 0 Å². The largest absolute Gasteiger partial charge is 0.447 e. The maximum Gasteiger partial charge on any atom is 0.181 e. The van der Waals surface area contributed by atoms with Crippen molar-refractivity contribution in [2.45, 2.75) is 13.5 Å². The van der Waals surface area contributed by atoms with E-state index < -0.39 is 0 Å². The molecule has 1 aliphatic rings. The molecule has 0 amide bonds. The van der Waals surface area contributed by atoms with Crippen LogP contribution < -0.4 is 0 Å². The Bertz CT molecular complexity index is 279. The monoisotopic (exact) mass is 182 g/mol. The van der Waals surface area contributed by atoms with Crippen LogP contribution in [-0.2, 0) is 6.54 Å². The molecule has 0 aromatic carbocycles. The lowest BCUT2D eigenvalue weighted by Gasteiger charge is -2.37. The van der Waals surface area contributed by atoms with Crippen molar-refractivity contribution in [1.82, 2.24) is 9.88 Å². The second-order valence-corrected chi connectivity index (χ2v) is 3.60. The third kappa shape index (κ3) is 1.73. The van der Waals surface area contributed by atoms with Crippen LogP contribution in [0.25, 0.3) is 0 Å². The van der Waals surface area contributed by atoms with Crippen molar-refractivity contribution in [3.8, 4) is 0 Å². The molecular weight excluding hydrogens is 168 g/mol. The fourth-order valence-electron chi connectivity index (χ4n) is 1.60. The highest BCUT2D eigenvalue weighted by Gasteiger charge is 2.26. The zero-order valence-electron chi connectivity index (χ0n) is 7.73. The van der Waals surface area contributed by atoms with Gasteiger partial charge in [0.2, 0.25) is 0 Å². The molecule has 0 saturated carbocycles. The van der Waals surface area contributed by atoms with Gasteiger partial charge < -0.3 is 9.52 Å². The summed E-state index contributed by atoms with van der Waals surface area (Å²) in [7, 11) is 0. The molecule has 0 unspecified atom stereocenters. The number of aromatic nitrogens is 1. The predicted molar refractivity (Wildman–Crippen MR) is 47.1 cm³/mol. The van der Waals surface area contributed by atoms with Gasteiger partial charge in [-0.05, 0) is 6.92 Å². The number of hydrogen-bond donors (Lipinski definition) is 1. The Balaban J connectivity index is 1.84. The van der Waals surface area contributed by atoms with Crippen LogP contribution in [0, 0.1) is 12.8 Å². The second kappa shape index (κ2) is 3.47. The smallest absolute Gasteiger partial charge is 0.181 e. The van der Waals surface area contributed by atoms with Gasteiger partial charge in [-0.3, -0.25) is 4.90 Å². The van der Waals surface area contributed by atoms with Crippen LogP contribution in [0.3, 0.4) is 0 Å². The van der Waals surface area contributed by atoms with Crippen molar-refractivity contribution in [2.75, 3.05) is 19.7 Å². The highest BCUT2D eigenvalue weighted by atomic mass is 16.3. The lowest BCUT2D eigenvalue weighted by Crippen LogP contribution is -2.47. The minimum atomic E-state index is 0.298. The fourth-order valence-corrected chi connectivity index (χ4v) is 1.60. The summed E-state index contributed by atoms with van der Waals surface area (Å²) in [4.78, 5) is 6.27. The molecule has 72 valence electrons. The first kappa shape index (κ1) is 8.72. The molecule has 1 N–H and O–H groups in total. The zero-order chi connectivity index (χ0) is 9.26. The van der Waals surface area contributed by atoms with E-state index in [1.54, 1.807) is 0 Å². The second-order valence-electron chi connectivity index (χ2n) is 3.60. The SMILES string of the molecule is Cc1ncoc1CN1CC(CO)C1. The van der Waals surface area contributed by atoms with Crippen molar-refractivity contribution < 1.29 is 9.52 Å². The van der Waals surface area contributed by atoms with Crippen LogP contribution in [0.2, 0.25) is 0 Å². The van der Waals surface area contributed by atoms with Crippen LogP contribution in [0.15, 0.2) is 10.8 Å². The maximum atomic E-state index is 8.82. The van der Waals surface area contributed by atoms with Crippen LogP contribution in [0.4, 0.5) is 0 Å². The molecule has 2 rings (SSSR count). The zero-order valence-corrected chi connectivity index (χ0v) is 7.73. The van der Waals surface area contributed by atoms with E-state index in [0.717, 1.165) is 31.1 Å². The van der Waals surface area contributed by atoms with Crippen molar-refractivity contribution in [3.63, 3.8) is 0 Å². The van der Waals surface area contributed by atoms with E-state index in [-0.39, 0.29) is 0 Å². The van der Waals surface area contributed by atoms with Gasteiger partial charge in [0, 0.05) is 25.6 Å². The van der Waals surface area contributed by atoms with Gasteiger partial charge in [0.05, 0.1) is 12.2 Å². The highest BCUT2D eigenvalue weighted by molar-refractivity contribution is 5.04. The molecule has 0 bridgehead atoms. The molecule has 1 aromatic rings. The number of hydrogen-bond acceptors (Lipinski definition) is 4. The molecule has 0 spiro atoms. The van der Waals surface area contributed by atoms with E-state index in [0.29, 0.717) is 12.5 Å². The molecule has 4 heteroatoms. The first-order valence-electron chi connectivity index (χ1n) is 4.51. The Kier molecular flexibility index (Phi) is 2.33. The van der Waals surface area contributed by atoms with E-state index in [1.807, 2.05) is 6.92 Å². The Morgan fingerprint density at radius 1 is 1.69 bits per heavy atom. The Morgan fingerprint density at radius 2 is 2.46 bits per heavy atom. The van der Waals surface area contributed by atoms with Crippen molar-refractivity contribution >= 4 is 0 Å². The van der Waals surface area contributed by atoms with Crippen molar-refractivity contribution in [3.05, 3.63) is 17.8 Å². The van der Waals surface area contributed by atoms with E-state index in [9.17, 15) is 0 Å². The molecule has 0 aliphatic carbocycles. The van der Waals surface area contributed by atoms with E-state index in [4.69, 9.17) is 9.52 Å². The van der Waals surface area contributed by atoms with Gasteiger partial charge in [-0.1, -0.05) is 0 Å². The molecule has 1 saturated heterocycles. The topological polar surface area (TPSA) is 49.5 Å². The lowest BCUT2D eigenvalue weighted by atomic mass is 10.0. The van der Waals surface area contributed by atoms with Gasteiger partial charge in [0.1, 0.15) is 5.76 Å². The average Bonchev–Trinajstić information content (AvgIpc) is 2.43. The van der Waals surface area contributed by atoms with E-state index in [1.165, 1.54) is 6.39 Å². The van der Waals surface area contributed by atoms with E-state index >= 15 is 0 Å². The molecule has 0 radical (unpaired) electrons. The molecule has 4 nitrogen and oxygen atoms in total. The molecule has 0 atom stereocenters. The number of rotatable bonds is 3. The number of oxazole rings is 1. The molecule has 13 heavy (non-hydrogen) atoms. The third-order valence-electron chi connectivity index (χ3n) is 2.50. The summed E-state index contributed by atoms with van der Waals surface area (Å²) >= 11 is 0. The fraction of sp³-hybridized carbons (Fsp3) is 0.667. The first-order valence-corrected chi connectivity index (χ1v) is 4.51. The maximum absolute atomic E-state index is 8.82. The van der Waals surface area contributed by atoms with Crippen LogP contribution in [0.1, 0.15) is 11.5 Å². The summed E-state index contributed by atoms with van der Waals surface area (Å²) in [6.07, 6.45) is 1.48. The number of aliphatic hydroxyl groups excluding tert-OH is 1. The summed E-state index contributed by atoms with van der Waals surface area (Å²) < 4.78 is 5.22. The Hall–Kier alpha value is -0.870. The van der Waals surface area contributed by atoms with Gasteiger partial charge in [0.15, 0.2) is 6.39 Å². The van der Waals surface area contributed by atoms with E-state index in [2.05, 4.69) is 9.88 Å². The summed E-state index contributed by atoms with van der Waals surface area (Å²) in [6, 6.07) is 0. The number of aryl methyl sites for hydroxylation is 1. The molecule has 1 fully saturated rings. The quantitative estimate of drug-likeness (QED) is 0.735. The summed E-state index contributed by atoms with van der Waals surface area (Å²) in [6.45, 7) is 5.00. The Morgan fingerprint density at radius 3 is 3.00 bits per heavy atom. The summed E-state index contributed by atoms with van der Waals surface area (Å²) in [5.74, 6) is 1.40. The first-order chi connectivity index (χ1) is 6.29. The highest BCUT2D eigenvalue weighted by Crippen LogP contribution is 2.18. The van der Waals surface area contributed by atoms with Gasteiger partial charge in [-0.15, -0.1) is 0 Å². The molecule has 1 aromatic heterocycles. The third-order valence-corrected chi connectivity index (χ3v) is 2.50. The van der Waals surface area contributed by atoms with Gasteiger partial charge in [0.25, 0.3) is 0 Å². The van der Waals surface area contributed by atoms with Gasteiger partial charge >= 0.3 is 0 Å². The van der Waals surface area contributed by atoms with Crippen LogP contribution in [0.5, 0.6) is 0 Å². The number of aliphatic hydroxyl groups is 1. The van der Waals surface area contributed by atoms with Gasteiger partial charge in [-0.25, -0.2) is 4.98 Å². The molecule has 2 heterocycles. The predicted octanol–water partition coefficient (Wildman–Crippen LogP) is 0.407. The normalized spacial score (nSPS) is 18.9. The van der Waals surface area contributed by atoms with Crippen molar-refractivity contribution in [2.24, 2.45) is 5.92 Å². The minimum Gasteiger partial charge on any atom is -0.447 e. The lowest BCUT2D eigenvalue weighted by molar-refractivity contribution is 0.0427. The molecule has 1 aliphatic heterocycles. The minimum absolute atomic E-state index is 0.298. The summed E-state index contributed by atoms with van der Waals surface area (Å²) in [5.41, 5.74) is 0.965. The molecular formula is C9H14N2O2. The average molecular weight is 182 g/mol. The summed E-state index contributed by atoms with van der Waals surface area (Å²) in [5, 5.41) is 8.82. The Labute approximate surface area is 77.2 Å². The standard InChI is InChI=1S/C9H14N2O2/c1-7-9(13-6-10-7)4-11-2-8(3-11)5-12/h6,8,12H,2-5H2,1H3. The number of nitrogens with zero attached hydrogens (tertiary/aromatic N) is 2. The van der Waals surface area contributed by atoms with Crippen LogP contribution in [-0.4, -0.2) is 34.7 Å². The van der Waals surface area contributed by atoms with Crippen LogP contribution >= 0.6 is 0 Å². The van der Waals surface area contributed by atoms with Crippen molar-refractivity contribution in [1.29, 1.82) is 0 Å². The number of likely N-dealkylation sites (tertiary alicyclic amines) is 1.